The van der Waals surface area contributed by atoms with E-state index in [0.29, 0.717) is 6.42 Å². The molecule has 0 unspecified atom stereocenters. The maximum atomic E-state index is 11.7. The quantitative estimate of drug-likeness (QED) is 0.322. The molecule has 2 rings (SSSR count). The number of hydrogen-bond acceptors (Lipinski definition) is 4. The minimum atomic E-state index is -0.394. The largest absolute Gasteiger partial charge is 0.460 e. The van der Waals surface area contributed by atoms with Gasteiger partial charge in [0.05, 0.1) is 0 Å². The van der Waals surface area contributed by atoms with Crippen LogP contribution in [0.1, 0.15) is 69.7 Å². The average molecular weight is 379 g/mol. The summed E-state index contributed by atoms with van der Waals surface area (Å²) < 4.78 is 5.31. The molecule has 2 aromatic rings. The van der Waals surface area contributed by atoms with Crippen molar-refractivity contribution < 1.29 is 9.53 Å². The number of esters is 1. The van der Waals surface area contributed by atoms with Crippen LogP contribution in [0.4, 0.5) is 5.69 Å². The number of pyridine rings is 1. The van der Waals surface area contributed by atoms with Gasteiger partial charge in [-0.3, -0.25) is 9.78 Å². The van der Waals surface area contributed by atoms with E-state index in [4.69, 9.17) is 10.5 Å². The lowest BCUT2D eigenvalue weighted by Gasteiger charge is -2.19. The summed E-state index contributed by atoms with van der Waals surface area (Å²) >= 11 is 0. The standard InChI is InChI=1S/C24H30N2O2/c1-24(2,3)28-23(27)9-7-5-4-6-8-22-17-14-20(18-26-22)11-10-19-12-15-21(25)16-13-19/h12-18H,4-9,25H2,1-3H3. The predicted octanol–water partition coefficient (Wildman–Crippen LogP) is 4.90. The van der Waals surface area contributed by atoms with Crippen molar-refractivity contribution in [2.75, 3.05) is 5.73 Å². The zero-order chi connectivity index (χ0) is 20.4. The molecular formula is C24H30N2O2. The summed E-state index contributed by atoms with van der Waals surface area (Å²) in [6, 6.07) is 11.6. The number of rotatable bonds is 7. The van der Waals surface area contributed by atoms with E-state index >= 15 is 0 Å². The van der Waals surface area contributed by atoms with E-state index in [1.165, 1.54) is 0 Å². The highest BCUT2D eigenvalue weighted by molar-refractivity contribution is 5.69. The summed E-state index contributed by atoms with van der Waals surface area (Å²) in [5.74, 6) is 6.13. The molecule has 148 valence electrons. The monoisotopic (exact) mass is 378 g/mol. The van der Waals surface area contributed by atoms with Gasteiger partial charge < -0.3 is 10.5 Å². The van der Waals surface area contributed by atoms with Crippen molar-refractivity contribution in [2.24, 2.45) is 0 Å². The Balaban J connectivity index is 1.66. The van der Waals surface area contributed by atoms with Gasteiger partial charge in [-0.2, -0.15) is 0 Å². The number of carbonyl (C=O) groups is 1. The molecule has 0 aliphatic rings. The highest BCUT2D eigenvalue weighted by Crippen LogP contribution is 2.12. The fraction of sp³-hybridized carbons (Fsp3) is 0.417. The first-order chi connectivity index (χ1) is 13.3. The molecular weight excluding hydrogens is 348 g/mol. The number of aromatic nitrogens is 1. The Morgan fingerprint density at radius 3 is 2.25 bits per heavy atom. The molecule has 4 heteroatoms. The first kappa shape index (κ1) is 21.5. The minimum Gasteiger partial charge on any atom is -0.460 e. The number of ether oxygens (including phenoxy) is 1. The maximum absolute atomic E-state index is 11.7. The molecule has 0 spiro atoms. The highest BCUT2D eigenvalue weighted by atomic mass is 16.6. The van der Waals surface area contributed by atoms with Crippen LogP contribution < -0.4 is 5.73 Å². The van der Waals surface area contributed by atoms with Gasteiger partial charge in [0, 0.05) is 35.1 Å². The number of nitrogens with zero attached hydrogens (tertiary/aromatic N) is 1. The number of benzene rings is 1. The predicted molar refractivity (Wildman–Crippen MR) is 114 cm³/mol. The number of nitrogen functional groups attached to an aromatic ring is 1. The van der Waals surface area contributed by atoms with E-state index in [0.717, 1.165) is 54.6 Å². The molecule has 0 fully saturated rings. The van der Waals surface area contributed by atoms with Crippen LogP contribution >= 0.6 is 0 Å². The molecule has 2 N–H and O–H groups in total. The molecule has 0 aliphatic heterocycles. The van der Waals surface area contributed by atoms with Crippen molar-refractivity contribution in [2.45, 2.75) is 64.9 Å². The summed E-state index contributed by atoms with van der Waals surface area (Å²) in [6.45, 7) is 5.69. The van der Waals surface area contributed by atoms with Crippen molar-refractivity contribution in [1.82, 2.24) is 4.98 Å². The van der Waals surface area contributed by atoms with Crippen LogP contribution in [0.5, 0.6) is 0 Å². The second kappa shape index (κ2) is 10.5. The van der Waals surface area contributed by atoms with Gasteiger partial charge in [0.15, 0.2) is 0 Å². The van der Waals surface area contributed by atoms with Gasteiger partial charge in [-0.25, -0.2) is 0 Å². The molecule has 0 amide bonds. The van der Waals surface area contributed by atoms with Crippen LogP contribution in [0.3, 0.4) is 0 Å². The van der Waals surface area contributed by atoms with E-state index in [-0.39, 0.29) is 5.97 Å². The zero-order valence-electron chi connectivity index (χ0n) is 17.1. The number of hydrogen-bond donors (Lipinski definition) is 1. The molecule has 0 aliphatic carbocycles. The second-order valence-corrected chi connectivity index (χ2v) is 7.91. The Bertz CT molecular complexity index is 807. The summed E-state index contributed by atoms with van der Waals surface area (Å²) in [7, 11) is 0. The number of anilines is 1. The lowest BCUT2D eigenvalue weighted by Crippen LogP contribution is -2.23. The molecule has 0 bridgehead atoms. The molecule has 0 radical (unpaired) electrons. The third-order valence-electron chi connectivity index (χ3n) is 4.07. The number of aryl methyl sites for hydroxylation is 1. The number of nitrogens with two attached hydrogens (primary N) is 1. The summed E-state index contributed by atoms with van der Waals surface area (Å²) in [5.41, 5.74) is 8.93. The molecule has 1 heterocycles. The lowest BCUT2D eigenvalue weighted by atomic mass is 10.1. The van der Waals surface area contributed by atoms with E-state index in [2.05, 4.69) is 16.8 Å². The van der Waals surface area contributed by atoms with Crippen molar-refractivity contribution >= 4 is 11.7 Å². The van der Waals surface area contributed by atoms with Crippen LogP contribution in [-0.2, 0) is 16.0 Å². The van der Waals surface area contributed by atoms with Gasteiger partial charge >= 0.3 is 5.97 Å². The van der Waals surface area contributed by atoms with Crippen LogP contribution in [0.15, 0.2) is 42.6 Å². The molecule has 0 saturated heterocycles. The minimum absolute atomic E-state index is 0.107. The van der Waals surface area contributed by atoms with Crippen molar-refractivity contribution in [3.8, 4) is 11.8 Å². The van der Waals surface area contributed by atoms with Gasteiger partial charge in [-0.1, -0.05) is 24.7 Å². The van der Waals surface area contributed by atoms with Crippen LogP contribution in [0, 0.1) is 11.8 Å². The Morgan fingerprint density at radius 1 is 0.964 bits per heavy atom. The molecule has 1 aromatic heterocycles. The zero-order valence-corrected chi connectivity index (χ0v) is 17.1. The highest BCUT2D eigenvalue weighted by Gasteiger charge is 2.15. The number of carbonyl (C=O) groups excluding carboxylic acids is 1. The van der Waals surface area contributed by atoms with E-state index in [9.17, 15) is 4.79 Å². The summed E-state index contributed by atoms with van der Waals surface area (Å²) in [5, 5.41) is 0. The first-order valence-corrected chi connectivity index (χ1v) is 9.86. The smallest absolute Gasteiger partial charge is 0.306 e. The molecule has 0 atom stereocenters. The third-order valence-corrected chi connectivity index (χ3v) is 4.07. The van der Waals surface area contributed by atoms with Crippen LogP contribution in [-0.4, -0.2) is 16.6 Å². The van der Waals surface area contributed by atoms with Gasteiger partial charge in [0.2, 0.25) is 0 Å². The van der Waals surface area contributed by atoms with Crippen molar-refractivity contribution in [3.05, 3.63) is 59.4 Å². The third kappa shape index (κ3) is 8.73. The van der Waals surface area contributed by atoms with Gasteiger partial charge in [0.25, 0.3) is 0 Å². The fourth-order valence-electron chi connectivity index (χ4n) is 2.68. The molecule has 1 aromatic carbocycles. The maximum Gasteiger partial charge on any atom is 0.306 e. The van der Waals surface area contributed by atoms with Crippen LogP contribution in [0.2, 0.25) is 0 Å². The Morgan fingerprint density at radius 2 is 1.61 bits per heavy atom. The van der Waals surface area contributed by atoms with Crippen molar-refractivity contribution in [1.29, 1.82) is 0 Å². The average Bonchev–Trinajstić information content (AvgIpc) is 2.63. The Kier molecular flexibility index (Phi) is 8.07. The van der Waals surface area contributed by atoms with E-state index < -0.39 is 5.60 Å². The van der Waals surface area contributed by atoms with Crippen LogP contribution in [0.25, 0.3) is 0 Å². The van der Waals surface area contributed by atoms with Crippen molar-refractivity contribution in [3.63, 3.8) is 0 Å². The second-order valence-electron chi connectivity index (χ2n) is 7.91. The van der Waals surface area contributed by atoms with Gasteiger partial charge in [0.1, 0.15) is 5.60 Å². The van der Waals surface area contributed by atoms with E-state index in [1.54, 1.807) is 0 Å². The first-order valence-electron chi connectivity index (χ1n) is 9.86. The molecule has 0 saturated carbocycles. The molecule has 28 heavy (non-hydrogen) atoms. The Labute approximate surface area is 168 Å². The summed E-state index contributed by atoms with van der Waals surface area (Å²) in [6.07, 6.45) is 7.32. The topological polar surface area (TPSA) is 65.2 Å². The lowest BCUT2D eigenvalue weighted by molar-refractivity contribution is -0.154. The van der Waals surface area contributed by atoms with E-state index in [1.807, 2.05) is 63.4 Å². The number of unbranched alkanes of at least 4 members (excludes halogenated alkanes) is 3. The normalized spacial score (nSPS) is 10.8. The van der Waals surface area contributed by atoms with Gasteiger partial charge in [-0.15, -0.1) is 0 Å². The SMILES string of the molecule is CC(C)(C)OC(=O)CCCCCCc1ccc(C#Cc2ccc(N)cc2)cn1. The van der Waals surface area contributed by atoms with Gasteiger partial charge in [-0.05, 0) is 76.4 Å². The molecule has 4 nitrogen and oxygen atoms in total. The Hall–Kier alpha value is -2.80. The fourth-order valence-corrected chi connectivity index (χ4v) is 2.68. The summed E-state index contributed by atoms with van der Waals surface area (Å²) in [4.78, 5) is 16.1.